The first kappa shape index (κ1) is 14.6. The quantitative estimate of drug-likeness (QED) is 0.823. The van der Waals surface area contributed by atoms with Crippen molar-refractivity contribution in [2.75, 3.05) is 13.2 Å². The number of furan rings is 1. The van der Waals surface area contributed by atoms with Crippen LogP contribution in [0.1, 0.15) is 25.5 Å². The minimum Gasteiger partial charge on any atom is -0.469 e. The minimum atomic E-state index is -1.58. The Balaban J connectivity index is 2.22. The highest BCUT2D eigenvalue weighted by Gasteiger charge is 2.94. The number of hydrogen-bond acceptors (Lipinski definition) is 7. The molecule has 3 atom stereocenters. The number of nitrogens with two attached hydrogens (primary N) is 1. The molecule has 1 aliphatic carbocycles. The first-order valence-electron chi connectivity index (χ1n) is 7.09. The lowest BCUT2D eigenvalue weighted by Gasteiger charge is -2.31. The molecule has 0 aromatic carbocycles. The van der Waals surface area contributed by atoms with Gasteiger partial charge in [0.15, 0.2) is 10.8 Å². The van der Waals surface area contributed by atoms with Crippen LogP contribution >= 0.6 is 0 Å². The first-order chi connectivity index (χ1) is 10.6. The average Bonchev–Trinajstić information content (AvgIpc) is 2.78. The second-order valence-electron chi connectivity index (χ2n) is 5.23. The van der Waals surface area contributed by atoms with E-state index in [1.807, 2.05) is 0 Å². The predicted octanol–water partition coefficient (Wildman–Crippen LogP) is 1.49. The van der Waals surface area contributed by atoms with Crippen LogP contribution in [0, 0.1) is 33.5 Å². The third kappa shape index (κ3) is 1.29. The van der Waals surface area contributed by atoms with Gasteiger partial charge < -0.3 is 19.6 Å². The van der Waals surface area contributed by atoms with Gasteiger partial charge in [0.05, 0.1) is 24.3 Å². The molecule has 1 aromatic heterocycles. The number of aliphatic imine (C=N–C) groups is 1. The number of nitriles is 2. The largest absolute Gasteiger partial charge is 0.469 e. The maximum absolute atomic E-state index is 9.91. The van der Waals surface area contributed by atoms with E-state index in [0.717, 1.165) is 0 Å². The summed E-state index contributed by atoms with van der Waals surface area (Å²) in [6.07, 6.45) is 1.50. The van der Waals surface area contributed by atoms with Crippen molar-refractivity contribution in [3.63, 3.8) is 0 Å². The molecule has 3 rings (SSSR count). The summed E-state index contributed by atoms with van der Waals surface area (Å²) in [6.45, 7) is 4.08. The Labute approximate surface area is 127 Å². The molecule has 0 spiro atoms. The Hall–Kier alpha value is -2.35. The Morgan fingerprint density at radius 1 is 1.32 bits per heavy atom. The van der Waals surface area contributed by atoms with Crippen molar-refractivity contribution in [2.24, 2.45) is 21.6 Å². The van der Waals surface area contributed by atoms with E-state index in [9.17, 15) is 10.5 Å². The highest BCUT2D eigenvalue weighted by atomic mass is 16.7. The molecule has 1 aromatic rings. The summed E-state index contributed by atoms with van der Waals surface area (Å²) in [7, 11) is 0. The number of ether oxygens (including phenoxy) is 2. The molecule has 1 saturated carbocycles. The number of fused-ring (bicyclic) bond motifs is 1. The fourth-order valence-electron chi connectivity index (χ4n) is 3.63. The van der Waals surface area contributed by atoms with Crippen molar-refractivity contribution >= 4 is 5.84 Å². The molecular formula is C15H16N4O3. The molecule has 2 heterocycles. The number of nitrogens with zero attached hydrogens (tertiary/aromatic N) is 3. The Bertz CT molecular complexity index is 693. The fourth-order valence-corrected chi connectivity index (χ4v) is 3.63. The summed E-state index contributed by atoms with van der Waals surface area (Å²) < 4.78 is 16.8. The van der Waals surface area contributed by atoms with E-state index in [-0.39, 0.29) is 19.0 Å². The third-order valence-corrected chi connectivity index (χ3v) is 4.44. The molecule has 22 heavy (non-hydrogen) atoms. The summed E-state index contributed by atoms with van der Waals surface area (Å²) in [6, 6.07) is 7.80. The van der Waals surface area contributed by atoms with Gasteiger partial charge in [-0.15, -0.1) is 0 Å². The Morgan fingerprint density at radius 3 is 2.45 bits per heavy atom. The molecular weight excluding hydrogens is 284 g/mol. The van der Waals surface area contributed by atoms with Crippen LogP contribution in [0.3, 0.4) is 0 Å². The summed E-state index contributed by atoms with van der Waals surface area (Å²) in [5.74, 6) is -1.59. The number of hydrogen-bond donors (Lipinski definition) is 1. The fraction of sp³-hybridized carbons (Fsp3) is 0.533. The van der Waals surface area contributed by atoms with Crippen LogP contribution in [0.25, 0.3) is 0 Å². The molecule has 7 nitrogen and oxygen atoms in total. The lowest BCUT2D eigenvalue weighted by Crippen LogP contribution is -2.43. The van der Waals surface area contributed by atoms with Crippen LogP contribution in [-0.2, 0) is 9.47 Å². The smallest absolute Gasteiger partial charge is 0.293 e. The second kappa shape index (κ2) is 4.57. The number of amidine groups is 1. The van der Waals surface area contributed by atoms with Crippen molar-refractivity contribution in [1.29, 1.82) is 10.5 Å². The van der Waals surface area contributed by atoms with E-state index in [1.165, 1.54) is 6.26 Å². The molecule has 2 aliphatic rings. The van der Waals surface area contributed by atoms with Crippen LogP contribution in [0.5, 0.6) is 0 Å². The highest BCUT2D eigenvalue weighted by Crippen LogP contribution is 2.81. The van der Waals surface area contributed by atoms with E-state index >= 15 is 0 Å². The van der Waals surface area contributed by atoms with Crippen molar-refractivity contribution in [3.8, 4) is 12.1 Å². The van der Waals surface area contributed by atoms with Gasteiger partial charge in [-0.1, -0.05) is 0 Å². The van der Waals surface area contributed by atoms with E-state index in [2.05, 4.69) is 17.1 Å². The van der Waals surface area contributed by atoms with E-state index < -0.39 is 22.7 Å². The monoisotopic (exact) mass is 300 g/mol. The van der Waals surface area contributed by atoms with Crippen molar-refractivity contribution in [2.45, 2.75) is 25.7 Å². The zero-order valence-electron chi connectivity index (χ0n) is 12.4. The molecule has 1 fully saturated rings. The van der Waals surface area contributed by atoms with Gasteiger partial charge >= 0.3 is 0 Å². The standard InChI is InChI=1S/C15H16N4O3/c1-3-21-15(22-4-2)14(9-17)11(10-6-5-7-20-10)13(14,8-16)12(18)19-15/h5-7,11H,3-4H2,1-2H3,(H2,18,19)/t11-,13-,14-/m1/s1. The Morgan fingerprint density at radius 2 is 2.00 bits per heavy atom. The molecule has 0 unspecified atom stereocenters. The van der Waals surface area contributed by atoms with Crippen molar-refractivity contribution in [3.05, 3.63) is 24.2 Å². The normalized spacial score (nSPS) is 34.4. The predicted molar refractivity (Wildman–Crippen MR) is 75.1 cm³/mol. The molecule has 7 heteroatoms. The van der Waals surface area contributed by atoms with Gasteiger partial charge in [-0.2, -0.15) is 10.5 Å². The Kier molecular flexibility index (Phi) is 3.03. The summed E-state index contributed by atoms with van der Waals surface area (Å²) >= 11 is 0. The molecule has 114 valence electrons. The summed E-state index contributed by atoms with van der Waals surface area (Å²) in [5, 5.41) is 19.7. The van der Waals surface area contributed by atoms with Gasteiger partial charge in [-0.05, 0) is 26.0 Å². The van der Waals surface area contributed by atoms with E-state index in [1.54, 1.807) is 26.0 Å². The average molecular weight is 300 g/mol. The maximum Gasteiger partial charge on any atom is 0.293 e. The third-order valence-electron chi connectivity index (χ3n) is 4.44. The van der Waals surface area contributed by atoms with Crippen LogP contribution in [-0.4, -0.2) is 25.0 Å². The molecule has 0 radical (unpaired) electrons. The van der Waals surface area contributed by atoms with Crippen molar-refractivity contribution in [1.82, 2.24) is 0 Å². The molecule has 0 saturated heterocycles. The van der Waals surface area contributed by atoms with Crippen LogP contribution in [0.4, 0.5) is 0 Å². The van der Waals surface area contributed by atoms with Crippen LogP contribution in [0.2, 0.25) is 0 Å². The zero-order valence-corrected chi connectivity index (χ0v) is 12.4. The van der Waals surface area contributed by atoms with Gasteiger partial charge in [-0.3, -0.25) is 0 Å². The molecule has 2 N–H and O–H groups in total. The summed E-state index contributed by atoms with van der Waals surface area (Å²) in [4.78, 5) is 4.24. The molecule has 0 bridgehead atoms. The van der Waals surface area contributed by atoms with Gasteiger partial charge in [0.2, 0.25) is 0 Å². The topological polar surface area (TPSA) is 118 Å². The van der Waals surface area contributed by atoms with E-state index in [4.69, 9.17) is 19.6 Å². The van der Waals surface area contributed by atoms with Crippen LogP contribution in [0.15, 0.2) is 27.8 Å². The molecule has 0 amide bonds. The minimum absolute atomic E-state index is 0.0554. The summed E-state index contributed by atoms with van der Waals surface area (Å²) in [5.41, 5.74) is 3.40. The lowest BCUT2D eigenvalue weighted by atomic mass is 9.93. The lowest BCUT2D eigenvalue weighted by molar-refractivity contribution is -0.255. The van der Waals surface area contributed by atoms with Gasteiger partial charge in [0.25, 0.3) is 5.91 Å². The number of rotatable bonds is 5. The second-order valence-corrected chi connectivity index (χ2v) is 5.23. The van der Waals surface area contributed by atoms with Crippen molar-refractivity contribution < 1.29 is 13.9 Å². The van der Waals surface area contributed by atoms with Gasteiger partial charge in [0.1, 0.15) is 11.6 Å². The molecule has 1 aliphatic heterocycles. The maximum atomic E-state index is 9.91. The SMILES string of the molecule is CCOC1(OCC)N=C(N)[C@@]2(C#N)[C@@H](c3ccco3)[C@@]12C#N. The van der Waals surface area contributed by atoms with Gasteiger partial charge in [-0.25, -0.2) is 4.99 Å². The van der Waals surface area contributed by atoms with Gasteiger partial charge in [0, 0.05) is 13.2 Å². The zero-order chi connectivity index (χ0) is 16.0. The van der Waals surface area contributed by atoms with Crippen LogP contribution < -0.4 is 5.73 Å². The first-order valence-corrected chi connectivity index (χ1v) is 7.09. The highest BCUT2D eigenvalue weighted by molar-refractivity contribution is 6.00. The van der Waals surface area contributed by atoms with E-state index in [0.29, 0.717) is 5.76 Å².